The molecule has 0 aromatic rings. The number of hydrogen-bond acceptors (Lipinski definition) is 0. The quantitative estimate of drug-likeness (QED) is 0.504. The van der Waals surface area contributed by atoms with Crippen LogP contribution in [-0.2, 0) is 5.11 Å². The lowest BCUT2D eigenvalue weighted by atomic mass is 10.1. The van der Waals surface area contributed by atoms with Crippen LogP contribution in [0.4, 0.5) is 0 Å². The van der Waals surface area contributed by atoms with Crippen molar-refractivity contribution in [2.45, 2.75) is 33.3 Å². The summed E-state index contributed by atoms with van der Waals surface area (Å²) in [5.41, 5.74) is 0. The van der Waals surface area contributed by atoms with Crippen LogP contribution in [0.5, 0.6) is 0 Å². The van der Waals surface area contributed by atoms with E-state index in [1.54, 1.807) is 6.92 Å². The minimum absolute atomic E-state index is 0.412. The average Bonchev–Trinajstić information content (AvgIpc) is 1.27. The first-order chi connectivity index (χ1) is 3.13. The van der Waals surface area contributed by atoms with Gasteiger partial charge in [-0.15, -0.1) is 0 Å². The van der Waals surface area contributed by atoms with Gasteiger partial charge in [0.1, 0.15) is 0 Å². The smallest absolute Gasteiger partial charge is 0.0907 e. The third-order valence-electron chi connectivity index (χ3n) is 0.696. The normalized spacial score (nSPS) is 15.0. The fraction of sp³-hybridized carbons (Fsp3) is 0.833. The summed E-state index contributed by atoms with van der Waals surface area (Å²) in [4.78, 5) is 0. The van der Waals surface area contributed by atoms with Crippen LogP contribution in [0.15, 0.2) is 0 Å². The molecular weight excluding hydrogens is 88.1 g/mol. The molecule has 1 unspecified atom stereocenters. The van der Waals surface area contributed by atoms with Gasteiger partial charge in [-0.05, 0) is 19.3 Å². The second-order valence-corrected chi connectivity index (χ2v) is 2.22. The zero-order valence-corrected chi connectivity index (χ0v) is 5.19. The van der Waals surface area contributed by atoms with Crippen LogP contribution < -0.4 is 0 Å². The Bertz CT molecular complexity index is 33.4. The maximum absolute atomic E-state index is 10.3. The van der Waals surface area contributed by atoms with Crippen molar-refractivity contribution in [3.05, 3.63) is 5.92 Å². The van der Waals surface area contributed by atoms with Crippen molar-refractivity contribution >= 4 is 0 Å². The first-order valence-electron chi connectivity index (χ1n) is 2.57. The van der Waals surface area contributed by atoms with Crippen molar-refractivity contribution in [3.63, 3.8) is 0 Å². The van der Waals surface area contributed by atoms with E-state index in [9.17, 15) is 5.11 Å². The van der Waals surface area contributed by atoms with Crippen molar-refractivity contribution in [2.75, 3.05) is 0 Å². The Kier molecular flexibility index (Phi) is 3.01. The van der Waals surface area contributed by atoms with E-state index in [0.717, 1.165) is 6.42 Å². The molecule has 1 atom stereocenters. The molecule has 0 aromatic carbocycles. The Balaban J connectivity index is 2.95. The highest BCUT2D eigenvalue weighted by Gasteiger charge is 1.99. The maximum atomic E-state index is 10.3. The van der Waals surface area contributed by atoms with E-state index in [0.29, 0.717) is 0 Å². The van der Waals surface area contributed by atoms with Gasteiger partial charge in [-0.1, -0.05) is 13.8 Å². The standard InChI is InChI=1S/C6H12O/c1-5(2)4-6(3)7/h6H,4H2,1-3H3. The molecule has 0 rings (SSSR count). The topological polar surface area (TPSA) is 19.9 Å². The molecule has 1 nitrogen and oxygen atoms in total. The van der Waals surface area contributed by atoms with Gasteiger partial charge in [0.05, 0.1) is 6.10 Å². The van der Waals surface area contributed by atoms with E-state index < -0.39 is 6.10 Å². The van der Waals surface area contributed by atoms with Gasteiger partial charge in [0.2, 0.25) is 0 Å². The zero-order chi connectivity index (χ0) is 5.86. The van der Waals surface area contributed by atoms with Gasteiger partial charge >= 0.3 is 0 Å². The van der Waals surface area contributed by atoms with Crippen molar-refractivity contribution in [1.29, 1.82) is 0 Å². The van der Waals surface area contributed by atoms with Crippen molar-refractivity contribution < 1.29 is 5.11 Å². The molecule has 42 valence electrons. The van der Waals surface area contributed by atoms with E-state index in [1.807, 2.05) is 13.8 Å². The summed E-state index contributed by atoms with van der Waals surface area (Å²) in [5, 5.41) is 10.3. The van der Waals surface area contributed by atoms with Gasteiger partial charge in [0.15, 0.2) is 0 Å². The predicted octanol–water partition coefficient (Wildman–Crippen LogP) is 1.81. The molecule has 0 aliphatic rings. The number of rotatable bonds is 2. The summed E-state index contributed by atoms with van der Waals surface area (Å²) >= 11 is 0. The Hall–Kier alpha value is -0.0400. The van der Waals surface area contributed by atoms with Crippen LogP contribution in [0.3, 0.4) is 0 Å². The molecule has 0 saturated heterocycles. The van der Waals surface area contributed by atoms with Crippen LogP contribution in [0.25, 0.3) is 0 Å². The molecule has 0 fully saturated rings. The molecular formula is C6H12O. The van der Waals surface area contributed by atoms with Crippen LogP contribution >= 0.6 is 0 Å². The third kappa shape index (κ3) is 5.96. The van der Waals surface area contributed by atoms with Gasteiger partial charge in [-0.2, -0.15) is 0 Å². The minimum Gasteiger partial charge on any atom is -0.233 e. The SMILES string of the molecule is C[C](C)CC(C)[O]. The van der Waals surface area contributed by atoms with Gasteiger partial charge in [0, 0.05) is 0 Å². The number of hydrogen-bond donors (Lipinski definition) is 0. The fourth-order valence-electron chi connectivity index (χ4n) is 0.575. The van der Waals surface area contributed by atoms with Crippen molar-refractivity contribution in [2.24, 2.45) is 0 Å². The predicted molar refractivity (Wildman–Crippen MR) is 29.4 cm³/mol. The maximum Gasteiger partial charge on any atom is 0.0907 e. The van der Waals surface area contributed by atoms with E-state index in [4.69, 9.17) is 0 Å². The first kappa shape index (κ1) is 6.96. The molecule has 1 heteroatoms. The van der Waals surface area contributed by atoms with Gasteiger partial charge in [-0.25, -0.2) is 5.11 Å². The summed E-state index contributed by atoms with van der Waals surface area (Å²) in [6, 6.07) is 0. The largest absolute Gasteiger partial charge is 0.233 e. The van der Waals surface area contributed by atoms with E-state index in [1.165, 1.54) is 5.92 Å². The highest BCUT2D eigenvalue weighted by atomic mass is 16.3. The Labute approximate surface area is 45.4 Å². The van der Waals surface area contributed by atoms with E-state index in [2.05, 4.69) is 0 Å². The van der Waals surface area contributed by atoms with Crippen molar-refractivity contribution in [3.8, 4) is 0 Å². The zero-order valence-electron chi connectivity index (χ0n) is 5.19. The molecule has 2 radical (unpaired) electrons. The molecule has 0 aliphatic carbocycles. The van der Waals surface area contributed by atoms with Crippen molar-refractivity contribution in [1.82, 2.24) is 0 Å². The Morgan fingerprint density at radius 1 is 1.57 bits per heavy atom. The highest BCUT2D eigenvalue weighted by Crippen LogP contribution is 2.05. The molecule has 0 saturated carbocycles. The second-order valence-electron chi connectivity index (χ2n) is 2.22. The lowest BCUT2D eigenvalue weighted by Gasteiger charge is -2.01. The first-order valence-corrected chi connectivity index (χ1v) is 2.57. The second kappa shape index (κ2) is 3.03. The van der Waals surface area contributed by atoms with Gasteiger partial charge in [0.25, 0.3) is 0 Å². The summed E-state index contributed by atoms with van der Waals surface area (Å²) in [6.45, 7) is 5.65. The summed E-state index contributed by atoms with van der Waals surface area (Å²) < 4.78 is 0. The molecule has 0 aliphatic heterocycles. The third-order valence-corrected chi connectivity index (χ3v) is 0.696. The Morgan fingerprint density at radius 2 is 2.00 bits per heavy atom. The monoisotopic (exact) mass is 100 g/mol. The molecule has 7 heavy (non-hydrogen) atoms. The molecule has 0 bridgehead atoms. The molecule has 0 amide bonds. The van der Waals surface area contributed by atoms with E-state index in [-0.39, 0.29) is 0 Å². The summed E-state index contributed by atoms with van der Waals surface area (Å²) in [6.07, 6.45) is 0.310. The summed E-state index contributed by atoms with van der Waals surface area (Å²) in [7, 11) is 0. The van der Waals surface area contributed by atoms with Crippen LogP contribution in [0.2, 0.25) is 0 Å². The lowest BCUT2D eigenvalue weighted by molar-refractivity contribution is 0.101. The molecule has 0 heterocycles. The molecule has 0 aromatic heterocycles. The minimum atomic E-state index is -0.412. The van der Waals surface area contributed by atoms with Crippen LogP contribution in [-0.4, -0.2) is 6.10 Å². The molecule has 0 N–H and O–H groups in total. The fourth-order valence-corrected chi connectivity index (χ4v) is 0.575. The van der Waals surface area contributed by atoms with Gasteiger partial charge in [-0.3, -0.25) is 0 Å². The lowest BCUT2D eigenvalue weighted by Crippen LogP contribution is -1.99. The highest BCUT2D eigenvalue weighted by molar-refractivity contribution is 4.78. The Morgan fingerprint density at radius 3 is 2.00 bits per heavy atom. The molecule has 0 spiro atoms. The van der Waals surface area contributed by atoms with Gasteiger partial charge < -0.3 is 0 Å². The average molecular weight is 100 g/mol. The van der Waals surface area contributed by atoms with E-state index >= 15 is 0 Å². The summed E-state index contributed by atoms with van der Waals surface area (Å²) in [5.74, 6) is 1.22. The van der Waals surface area contributed by atoms with Crippen LogP contribution in [0.1, 0.15) is 27.2 Å². The van der Waals surface area contributed by atoms with Crippen LogP contribution in [0, 0.1) is 5.92 Å².